The quantitative estimate of drug-likeness (QED) is 0.0855. The van der Waals surface area contributed by atoms with E-state index in [1.165, 1.54) is 107 Å². The number of nitrogens with zero attached hydrogens (tertiary/aromatic N) is 2. The topological polar surface area (TPSA) is 24.7 Å². The molecule has 0 aliphatic carbocycles. The van der Waals surface area contributed by atoms with Crippen molar-refractivity contribution in [3.05, 3.63) is 71.8 Å². The summed E-state index contributed by atoms with van der Waals surface area (Å²) in [7, 11) is 0. The normalized spacial score (nSPS) is 12.2. The largest absolute Gasteiger partial charge is 0.252 e. The van der Waals surface area contributed by atoms with E-state index in [0.717, 1.165) is 29.2 Å². The first-order valence-corrected chi connectivity index (χ1v) is 15.5. The molecule has 2 aromatic rings. The van der Waals surface area contributed by atoms with Gasteiger partial charge < -0.3 is 0 Å². The Hall–Kier alpha value is -1.99. The first-order chi connectivity index (χ1) is 18.6. The summed E-state index contributed by atoms with van der Waals surface area (Å²) in [6.07, 6.45) is 26.6. The number of allylic oxidation sites excluding steroid dienone is 2. The van der Waals surface area contributed by atoms with Crippen LogP contribution in [0.4, 0.5) is 11.4 Å². The number of benzene rings is 2. The molecular weight excluding hydrogens is 519 g/mol. The minimum Gasteiger partial charge on any atom is -0.252 e. The average Bonchev–Trinajstić information content (AvgIpc) is 2.92. The zero-order chi connectivity index (χ0) is 27.3. The number of aryl methyl sites for hydroxylation is 2. The average molecular weight is 574 g/mol. The van der Waals surface area contributed by atoms with Gasteiger partial charge in [0.1, 0.15) is 0 Å². The molecule has 0 saturated carbocycles. The molecule has 0 spiro atoms. The van der Waals surface area contributed by atoms with Gasteiger partial charge in [0, 0.05) is 16.5 Å². The molecule has 0 radical (unpaired) electrons. The van der Waals surface area contributed by atoms with Crippen LogP contribution in [0.25, 0.3) is 0 Å². The Morgan fingerprint density at radius 1 is 0.615 bits per heavy atom. The van der Waals surface area contributed by atoms with E-state index in [2.05, 4.69) is 58.0 Å². The van der Waals surface area contributed by atoms with E-state index < -0.39 is 0 Å². The number of para-hydroxylation sites is 1. The molecular formula is C36H54N2Ni. The van der Waals surface area contributed by atoms with Crippen molar-refractivity contribution in [2.24, 2.45) is 9.98 Å². The van der Waals surface area contributed by atoms with E-state index in [4.69, 9.17) is 9.98 Å². The van der Waals surface area contributed by atoms with Crippen molar-refractivity contribution >= 4 is 22.8 Å². The van der Waals surface area contributed by atoms with Crippen LogP contribution in [0.3, 0.4) is 0 Å². The second-order valence-corrected chi connectivity index (χ2v) is 10.9. The zero-order valence-electron chi connectivity index (χ0n) is 25.3. The molecule has 0 unspecified atom stereocenters. The van der Waals surface area contributed by atoms with Crippen LogP contribution in [0.15, 0.2) is 70.7 Å². The molecule has 0 fully saturated rings. The molecule has 2 aromatic carbocycles. The van der Waals surface area contributed by atoms with Crippen molar-refractivity contribution in [3.8, 4) is 0 Å². The first-order valence-electron chi connectivity index (χ1n) is 15.5. The molecule has 0 aliphatic heterocycles. The third-order valence-corrected chi connectivity index (χ3v) is 7.41. The van der Waals surface area contributed by atoms with E-state index in [0.29, 0.717) is 0 Å². The van der Waals surface area contributed by atoms with Gasteiger partial charge in [-0.3, -0.25) is 4.99 Å². The fourth-order valence-corrected chi connectivity index (χ4v) is 4.75. The summed E-state index contributed by atoms with van der Waals surface area (Å²) in [5, 5.41) is 0. The second kappa shape index (κ2) is 22.8. The Bertz CT molecular complexity index is 975. The Labute approximate surface area is 250 Å². The summed E-state index contributed by atoms with van der Waals surface area (Å²) >= 11 is 0. The molecule has 0 bridgehead atoms. The molecule has 0 saturated heterocycles. The molecule has 3 heteroatoms. The summed E-state index contributed by atoms with van der Waals surface area (Å²) in [5.74, 6) is 0. The number of hydrogen-bond donors (Lipinski definition) is 0. The van der Waals surface area contributed by atoms with Gasteiger partial charge in [0.25, 0.3) is 0 Å². The van der Waals surface area contributed by atoms with Crippen molar-refractivity contribution in [2.45, 2.75) is 130 Å². The molecule has 2 rings (SSSR count). The second-order valence-electron chi connectivity index (χ2n) is 10.9. The summed E-state index contributed by atoms with van der Waals surface area (Å²) in [6, 6.07) is 16.6. The molecule has 218 valence electrons. The van der Waals surface area contributed by atoms with E-state index in [-0.39, 0.29) is 16.5 Å². The summed E-state index contributed by atoms with van der Waals surface area (Å²) < 4.78 is 0. The minimum absolute atomic E-state index is 0. The van der Waals surface area contributed by atoms with Crippen LogP contribution in [-0.4, -0.2) is 11.4 Å². The van der Waals surface area contributed by atoms with Gasteiger partial charge in [-0.15, -0.1) is 0 Å². The van der Waals surface area contributed by atoms with Gasteiger partial charge in [0.05, 0.1) is 22.8 Å². The van der Waals surface area contributed by atoms with Crippen LogP contribution in [0, 0.1) is 13.8 Å². The maximum atomic E-state index is 4.97. The Morgan fingerprint density at radius 3 is 1.69 bits per heavy atom. The molecule has 2 nitrogen and oxygen atoms in total. The zero-order valence-corrected chi connectivity index (χ0v) is 26.3. The number of aliphatic imine (C=N–C) groups is 2. The molecule has 0 N–H and O–H groups in total. The minimum atomic E-state index is 0. The predicted octanol–water partition coefficient (Wildman–Crippen LogP) is 12.0. The van der Waals surface area contributed by atoms with Crippen LogP contribution >= 0.6 is 0 Å². The van der Waals surface area contributed by atoms with E-state index in [9.17, 15) is 0 Å². The van der Waals surface area contributed by atoms with Crippen LogP contribution in [-0.2, 0) is 16.5 Å². The van der Waals surface area contributed by atoms with Crippen molar-refractivity contribution < 1.29 is 16.5 Å². The fourth-order valence-electron chi connectivity index (χ4n) is 4.75. The van der Waals surface area contributed by atoms with Gasteiger partial charge in [-0.05, 0) is 75.1 Å². The predicted molar refractivity (Wildman–Crippen MR) is 171 cm³/mol. The van der Waals surface area contributed by atoms with E-state index in [1.54, 1.807) is 0 Å². The summed E-state index contributed by atoms with van der Waals surface area (Å²) in [4.78, 5) is 9.79. The van der Waals surface area contributed by atoms with E-state index >= 15 is 0 Å². The van der Waals surface area contributed by atoms with Gasteiger partial charge >= 0.3 is 0 Å². The molecule has 0 aliphatic rings. The van der Waals surface area contributed by atoms with Gasteiger partial charge in [0.2, 0.25) is 0 Å². The van der Waals surface area contributed by atoms with Crippen LogP contribution in [0.5, 0.6) is 0 Å². The fraction of sp³-hybridized carbons (Fsp3) is 0.556. The number of rotatable bonds is 20. The SMILES string of the molecule is CCCCCCCCCCCCCCCCC/C=C/C(=Nc1ccc(C)c(C)c1)C(C)=Nc1ccccc1.[Ni]. The standard InChI is InChI=1S/C36H54N2.Ni/c1-5-6-7-8-9-10-11-12-13-14-15-16-17-18-19-20-24-27-36(33(4)37-34-25-22-21-23-26-34)38-35-29-28-31(2)32(3)30-35;/h21-30H,5-20H2,1-4H3;/b27-24+,37-33?,38-36?;. The maximum Gasteiger partial charge on any atom is 0.0845 e. The molecule has 0 amide bonds. The van der Waals surface area contributed by atoms with E-state index in [1.807, 2.05) is 30.3 Å². The van der Waals surface area contributed by atoms with Crippen LogP contribution in [0.1, 0.15) is 128 Å². The summed E-state index contributed by atoms with van der Waals surface area (Å²) in [6.45, 7) is 8.64. The van der Waals surface area contributed by atoms with Crippen LogP contribution in [0.2, 0.25) is 0 Å². The third kappa shape index (κ3) is 16.7. The van der Waals surface area contributed by atoms with Gasteiger partial charge in [-0.2, -0.15) is 0 Å². The van der Waals surface area contributed by atoms with Gasteiger partial charge in [-0.25, -0.2) is 4.99 Å². The third-order valence-electron chi connectivity index (χ3n) is 7.41. The number of unbranched alkanes of at least 4 members (excludes halogenated alkanes) is 15. The van der Waals surface area contributed by atoms with Crippen molar-refractivity contribution in [2.75, 3.05) is 0 Å². The van der Waals surface area contributed by atoms with Gasteiger partial charge in [-0.1, -0.05) is 127 Å². The van der Waals surface area contributed by atoms with Crippen LogP contribution < -0.4 is 0 Å². The van der Waals surface area contributed by atoms with Crippen molar-refractivity contribution in [1.29, 1.82) is 0 Å². The smallest absolute Gasteiger partial charge is 0.0845 e. The molecule has 0 aromatic heterocycles. The Kier molecular flexibility index (Phi) is 20.5. The Balaban J connectivity index is 0.00000760. The Morgan fingerprint density at radius 2 is 1.15 bits per heavy atom. The molecule has 39 heavy (non-hydrogen) atoms. The maximum absolute atomic E-state index is 4.97. The molecule has 0 atom stereocenters. The molecule has 0 heterocycles. The van der Waals surface area contributed by atoms with Crippen molar-refractivity contribution in [3.63, 3.8) is 0 Å². The monoisotopic (exact) mass is 572 g/mol. The van der Waals surface area contributed by atoms with Crippen molar-refractivity contribution in [1.82, 2.24) is 0 Å². The summed E-state index contributed by atoms with van der Waals surface area (Å²) in [5.41, 5.74) is 6.41. The van der Waals surface area contributed by atoms with Gasteiger partial charge in [0.15, 0.2) is 0 Å². The number of hydrogen-bond acceptors (Lipinski definition) is 2. The first kappa shape index (κ1) is 35.0.